The number of nitro groups is 1. The molecule has 0 saturated heterocycles. The summed E-state index contributed by atoms with van der Waals surface area (Å²) in [5.74, 6) is 0.711. The Labute approximate surface area is 116 Å². The van der Waals surface area contributed by atoms with Gasteiger partial charge < -0.3 is 5.32 Å². The molecule has 0 spiro atoms. The molecule has 2 aromatic rings. The number of nitro benzene ring substituents is 1. The lowest BCUT2D eigenvalue weighted by molar-refractivity contribution is -0.385. The summed E-state index contributed by atoms with van der Waals surface area (Å²) >= 11 is 1.94. The summed E-state index contributed by atoms with van der Waals surface area (Å²) < 4.78 is 0.590. The smallest absolute Gasteiger partial charge is 0.282 e. The van der Waals surface area contributed by atoms with Crippen LogP contribution in [0, 0.1) is 13.7 Å². The van der Waals surface area contributed by atoms with Gasteiger partial charge in [0.2, 0.25) is 0 Å². The molecule has 7 nitrogen and oxygen atoms in total. The number of H-pyrrole nitrogens is 1. The average Bonchev–Trinajstić information content (AvgIpc) is 2.81. The minimum atomic E-state index is -0.397. The normalized spacial score (nSPS) is 12.1. The van der Waals surface area contributed by atoms with Crippen molar-refractivity contribution < 1.29 is 4.92 Å². The van der Waals surface area contributed by atoms with E-state index < -0.39 is 4.92 Å². The lowest BCUT2D eigenvalue weighted by atomic mass is 10.2. The van der Waals surface area contributed by atoms with Crippen LogP contribution in [0.25, 0.3) is 0 Å². The van der Waals surface area contributed by atoms with Gasteiger partial charge in [0.05, 0.1) is 14.5 Å². The highest BCUT2D eigenvalue weighted by Crippen LogP contribution is 2.25. The fourth-order valence-corrected chi connectivity index (χ4v) is 2.20. The Balaban J connectivity index is 2.15. The van der Waals surface area contributed by atoms with E-state index in [0.29, 0.717) is 9.39 Å². The van der Waals surface area contributed by atoms with E-state index in [-0.39, 0.29) is 11.7 Å². The molecule has 0 radical (unpaired) electrons. The summed E-state index contributed by atoms with van der Waals surface area (Å²) in [5, 5.41) is 20.4. The SMILES string of the molecule is CC(Nc1ccc([N+](=O)[O-])c(I)c1)c1ncn[nH]1. The molecule has 2 rings (SSSR count). The predicted octanol–water partition coefficient (Wildman–Crippen LogP) is 2.49. The van der Waals surface area contributed by atoms with Gasteiger partial charge in [0.1, 0.15) is 12.2 Å². The molecule has 0 aliphatic carbocycles. The fraction of sp³-hybridized carbons (Fsp3) is 0.200. The summed E-state index contributed by atoms with van der Waals surface area (Å²) in [6, 6.07) is 4.83. The lowest BCUT2D eigenvalue weighted by Crippen LogP contribution is -2.08. The van der Waals surface area contributed by atoms with Crippen LogP contribution in [0.5, 0.6) is 0 Å². The number of halogens is 1. The largest absolute Gasteiger partial charge is 0.375 e. The molecule has 1 unspecified atom stereocenters. The van der Waals surface area contributed by atoms with Gasteiger partial charge in [-0.2, -0.15) is 5.10 Å². The summed E-state index contributed by atoms with van der Waals surface area (Å²) in [6.45, 7) is 1.93. The van der Waals surface area contributed by atoms with Crippen molar-refractivity contribution >= 4 is 34.0 Å². The van der Waals surface area contributed by atoms with Gasteiger partial charge in [-0.05, 0) is 41.6 Å². The van der Waals surface area contributed by atoms with Crippen molar-refractivity contribution in [3.8, 4) is 0 Å². The molecule has 0 amide bonds. The first-order valence-corrected chi connectivity index (χ1v) is 6.21. The van der Waals surface area contributed by atoms with Gasteiger partial charge in [-0.1, -0.05) is 0 Å². The van der Waals surface area contributed by atoms with Crippen molar-refractivity contribution in [2.24, 2.45) is 0 Å². The highest BCUT2D eigenvalue weighted by Gasteiger charge is 2.13. The lowest BCUT2D eigenvalue weighted by Gasteiger charge is -2.12. The van der Waals surface area contributed by atoms with Crippen LogP contribution in [0.2, 0.25) is 0 Å². The fourth-order valence-electron chi connectivity index (χ4n) is 1.49. The van der Waals surface area contributed by atoms with E-state index >= 15 is 0 Å². The van der Waals surface area contributed by atoms with Gasteiger partial charge in [-0.25, -0.2) is 4.98 Å². The van der Waals surface area contributed by atoms with Crippen molar-refractivity contribution in [2.45, 2.75) is 13.0 Å². The number of nitrogens with zero attached hydrogens (tertiary/aromatic N) is 3. The second-order valence-corrected chi connectivity index (χ2v) is 4.82. The Bertz CT molecular complexity index is 557. The zero-order valence-electron chi connectivity index (χ0n) is 9.42. The number of anilines is 1. The number of benzene rings is 1. The maximum Gasteiger partial charge on any atom is 0.282 e. The molecule has 1 aromatic carbocycles. The van der Waals surface area contributed by atoms with Gasteiger partial charge in [0, 0.05) is 11.8 Å². The molecule has 94 valence electrons. The second kappa shape index (κ2) is 5.29. The van der Waals surface area contributed by atoms with Gasteiger partial charge in [0.15, 0.2) is 0 Å². The third kappa shape index (κ3) is 2.75. The monoisotopic (exact) mass is 359 g/mol. The van der Waals surface area contributed by atoms with Crippen LogP contribution in [-0.4, -0.2) is 20.1 Å². The third-order valence-corrected chi connectivity index (χ3v) is 3.24. The predicted molar refractivity (Wildman–Crippen MR) is 74.2 cm³/mol. The molecule has 0 aliphatic rings. The number of rotatable bonds is 4. The van der Waals surface area contributed by atoms with Crippen molar-refractivity contribution in [1.82, 2.24) is 15.2 Å². The highest BCUT2D eigenvalue weighted by atomic mass is 127. The Morgan fingerprint density at radius 2 is 2.33 bits per heavy atom. The molecule has 1 aromatic heterocycles. The molecule has 1 atom stereocenters. The Hall–Kier alpha value is -1.71. The first-order chi connectivity index (χ1) is 8.58. The summed E-state index contributed by atoms with van der Waals surface area (Å²) in [4.78, 5) is 14.3. The van der Waals surface area contributed by atoms with Gasteiger partial charge in [0.25, 0.3) is 5.69 Å². The van der Waals surface area contributed by atoms with E-state index in [4.69, 9.17) is 0 Å². The van der Waals surface area contributed by atoms with Crippen LogP contribution in [0.3, 0.4) is 0 Å². The Morgan fingerprint density at radius 1 is 1.56 bits per heavy atom. The first-order valence-electron chi connectivity index (χ1n) is 5.13. The van der Waals surface area contributed by atoms with Crippen molar-refractivity contribution in [2.75, 3.05) is 5.32 Å². The molecule has 0 fully saturated rings. The molecule has 0 bridgehead atoms. The van der Waals surface area contributed by atoms with Crippen LogP contribution in [-0.2, 0) is 0 Å². The van der Waals surface area contributed by atoms with Gasteiger partial charge in [-0.15, -0.1) is 0 Å². The van der Waals surface area contributed by atoms with Crippen LogP contribution < -0.4 is 5.32 Å². The van der Waals surface area contributed by atoms with E-state index in [1.165, 1.54) is 12.4 Å². The van der Waals surface area contributed by atoms with E-state index in [0.717, 1.165) is 5.69 Å². The molecule has 8 heteroatoms. The molecular formula is C10H10IN5O2. The van der Waals surface area contributed by atoms with Crippen molar-refractivity contribution in [3.63, 3.8) is 0 Å². The van der Waals surface area contributed by atoms with E-state index in [2.05, 4.69) is 20.5 Å². The summed E-state index contributed by atoms with van der Waals surface area (Å²) in [5.41, 5.74) is 0.905. The Kier molecular flexibility index (Phi) is 3.75. The minimum Gasteiger partial charge on any atom is -0.375 e. The van der Waals surface area contributed by atoms with Crippen LogP contribution in [0.1, 0.15) is 18.8 Å². The van der Waals surface area contributed by atoms with Crippen LogP contribution in [0.15, 0.2) is 24.5 Å². The average molecular weight is 359 g/mol. The first kappa shape index (κ1) is 12.7. The van der Waals surface area contributed by atoms with Crippen molar-refractivity contribution in [1.29, 1.82) is 0 Å². The molecule has 0 saturated carbocycles. The number of hydrogen-bond acceptors (Lipinski definition) is 5. The van der Waals surface area contributed by atoms with Gasteiger partial charge in [-0.3, -0.25) is 15.2 Å². The molecule has 2 N–H and O–H groups in total. The topological polar surface area (TPSA) is 96.7 Å². The number of hydrogen-bond donors (Lipinski definition) is 2. The number of aromatic amines is 1. The van der Waals surface area contributed by atoms with Crippen molar-refractivity contribution in [3.05, 3.63) is 44.0 Å². The maximum atomic E-state index is 10.7. The third-order valence-electron chi connectivity index (χ3n) is 2.37. The summed E-state index contributed by atoms with van der Waals surface area (Å²) in [6.07, 6.45) is 1.44. The zero-order valence-corrected chi connectivity index (χ0v) is 11.6. The highest BCUT2D eigenvalue weighted by molar-refractivity contribution is 14.1. The van der Waals surface area contributed by atoms with Gasteiger partial charge >= 0.3 is 0 Å². The zero-order chi connectivity index (χ0) is 13.1. The van der Waals surface area contributed by atoms with Crippen LogP contribution in [0.4, 0.5) is 11.4 Å². The molecule has 18 heavy (non-hydrogen) atoms. The maximum absolute atomic E-state index is 10.7. The van der Waals surface area contributed by atoms with E-state index in [1.54, 1.807) is 12.1 Å². The van der Waals surface area contributed by atoms with E-state index in [9.17, 15) is 10.1 Å². The molecule has 1 heterocycles. The Morgan fingerprint density at radius 3 is 2.89 bits per heavy atom. The number of nitrogens with one attached hydrogen (secondary N) is 2. The number of aromatic nitrogens is 3. The summed E-state index contributed by atoms with van der Waals surface area (Å²) in [7, 11) is 0. The van der Waals surface area contributed by atoms with Crippen LogP contribution >= 0.6 is 22.6 Å². The molecule has 0 aliphatic heterocycles. The quantitative estimate of drug-likeness (QED) is 0.497. The minimum absolute atomic E-state index is 0.0512. The standard InChI is InChI=1S/C10H10IN5O2/c1-6(10-12-5-13-15-10)14-7-2-3-9(16(17)18)8(11)4-7/h2-6,14H,1H3,(H,12,13,15). The van der Waals surface area contributed by atoms with E-state index in [1.807, 2.05) is 29.5 Å². The second-order valence-electron chi connectivity index (χ2n) is 3.66. The molecular weight excluding hydrogens is 349 g/mol.